The molecule has 2 aliphatic carbocycles. The topological polar surface area (TPSA) is 17.1 Å². The number of carbonyl (C=O) groups excluding carboxylic acids is 1. The summed E-state index contributed by atoms with van der Waals surface area (Å²) in [5, 5.41) is 0. The summed E-state index contributed by atoms with van der Waals surface area (Å²) in [6.07, 6.45) is 8.78. The molecular weight excluding hydrogens is 184 g/mol. The van der Waals surface area contributed by atoms with Crippen LogP contribution in [0.15, 0.2) is 0 Å². The van der Waals surface area contributed by atoms with Gasteiger partial charge in [-0.25, -0.2) is 0 Å². The smallest absolute Gasteiger partial charge is 0.139 e. The van der Waals surface area contributed by atoms with Gasteiger partial charge >= 0.3 is 0 Å². The largest absolute Gasteiger partial charge is 0.299 e. The molecule has 1 nitrogen and oxygen atoms in total. The van der Waals surface area contributed by atoms with Crippen molar-refractivity contribution in [2.45, 2.75) is 58.8 Å². The van der Waals surface area contributed by atoms with Gasteiger partial charge in [0.1, 0.15) is 5.78 Å². The van der Waals surface area contributed by atoms with E-state index in [1.165, 1.54) is 38.5 Å². The third-order valence-electron chi connectivity index (χ3n) is 4.78. The third-order valence-corrected chi connectivity index (χ3v) is 4.78. The second-order valence-corrected chi connectivity index (χ2v) is 5.47. The van der Waals surface area contributed by atoms with Gasteiger partial charge in [0, 0.05) is 11.8 Å². The molecule has 15 heavy (non-hydrogen) atoms. The molecule has 0 spiro atoms. The standard InChI is InChI=1S/C14H24O/c1-3-10-9-11-7-5-6-8-13(11)14(15)12(10)4-2/h10-13H,3-9H2,1-2H3. The second-order valence-electron chi connectivity index (χ2n) is 5.47. The van der Waals surface area contributed by atoms with Gasteiger partial charge in [0.25, 0.3) is 0 Å². The molecule has 0 aromatic rings. The number of hydrogen-bond donors (Lipinski definition) is 0. The molecule has 2 saturated carbocycles. The highest BCUT2D eigenvalue weighted by atomic mass is 16.1. The second kappa shape index (κ2) is 4.67. The summed E-state index contributed by atoms with van der Waals surface area (Å²) in [5.41, 5.74) is 0. The fraction of sp³-hybridized carbons (Fsp3) is 0.929. The molecule has 2 fully saturated rings. The van der Waals surface area contributed by atoms with E-state index in [4.69, 9.17) is 0 Å². The zero-order valence-electron chi connectivity index (χ0n) is 10.2. The van der Waals surface area contributed by atoms with E-state index >= 15 is 0 Å². The number of rotatable bonds is 2. The minimum atomic E-state index is 0.398. The van der Waals surface area contributed by atoms with Crippen molar-refractivity contribution in [3.8, 4) is 0 Å². The number of fused-ring (bicyclic) bond motifs is 1. The van der Waals surface area contributed by atoms with Crippen LogP contribution in [0, 0.1) is 23.7 Å². The Kier molecular flexibility index (Phi) is 3.48. The summed E-state index contributed by atoms with van der Waals surface area (Å²) < 4.78 is 0. The molecule has 0 heterocycles. The van der Waals surface area contributed by atoms with Crippen molar-refractivity contribution >= 4 is 5.78 Å². The van der Waals surface area contributed by atoms with Crippen molar-refractivity contribution < 1.29 is 4.79 Å². The van der Waals surface area contributed by atoms with E-state index in [1.54, 1.807) is 0 Å². The van der Waals surface area contributed by atoms with E-state index < -0.39 is 0 Å². The van der Waals surface area contributed by atoms with Crippen LogP contribution < -0.4 is 0 Å². The summed E-state index contributed by atoms with van der Waals surface area (Å²) >= 11 is 0. The molecule has 0 aliphatic heterocycles. The van der Waals surface area contributed by atoms with Crippen LogP contribution in [-0.2, 0) is 4.79 Å². The van der Waals surface area contributed by atoms with E-state index in [0.29, 0.717) is 23.5 Å². The highest BCUT2D eigenvalue weighted by molar-refractivity contribution is 5.84. The van der Waals surface area contributed by atoms with Gasteiger partial charge in [0.15, 0.2) is 0 Å². The van der Waals surface area contributed by atoms with E-state index in [1.807, 2.05) is 0 Å². The van der Waals surface area contributed by atoms with Crippen LogP contribution in [-0.4, -0.2) is 5.78 Å². The van der Waals surface area contributed by atoms with Crippen LogP contribution in [0.5, 0.6) is 0 Å². The SMILES string of the molecule is CCC1CC2CCCCC2C(=O)C1CC. The first-order valence-electron chi connectivity index (χ1n) is 6.81. The van der Waals surface area contributed by atoms with Crippen molar-refractivity contribution in [1.29, 1.82) is 0 Å². The van der Waals surface area contributed by atoms with Gasteiger partial charge in [0.05, 0.1) is 0 Å². The lowest BCUT2D eigenvalue weighted by atomic mass is 9.61. The number of hydrogen-bond acceptors (Lipinski definition) is 1. The molecule has 0 amide bonds. The quantitative estimate of drug-likeness (QED) is 0.674. The van der Waals surface area contributed by atoms with E-state index in [-0.39, 0.29) is 0 Å². The van der Waals surface area contributed by atoms with Crippen LogP contribution in [0.4, 0.5) is 0 Å². The fourth-order valence-electron chi connectivity index (χ4n) is 3.91. The Labute approximate surface area is 93.6 Å². The highest BCUT2D eigenvalue weighted by Crippen LogP contribution is 2.45. The molecular formula is C14H24O. The Hall–Kier alpha value is -0.330. The Morgan fingerprint density at radius 2 is 1.87 bits per heavy atom. The number of carbonyl (C=O) groups is 1. The average Bonchev–Trinajstić information content (AvgIpc) is 2.29. The number of Topliss-reactive ketones (excluding diaryl/α,β-unsaturated/α-hetero) is 1. The summed E-state index contributed by atoms with van der Waals surface area (Å²) in [6, 6.07) is 0. The monoisotopic (exact) mass is 208 g/mol. The predicted octanol–water partition coefficient (Wildman–Crippen LogP) is 3.82. The molecule has 1 heteroatoms. The lowest BCUT2D eigenvalue weighted by molar-refractivity contribution is -0.136. The molecule has 0 N–H and O–H groups in total. The fourth-order valence-corrected chi connectivity index (χ4v) is 3.91. The van der Waals surface area contributed by atoms with Crippen molar-refractivity contribution in [2.24, 2.45) is 23.7 Å². The highest BCUT2D eigenvalue weighted by Gasteiger charge is 2.42. The minimum absolute atomic E-state index is 0.398. The third kappa shape index (κ3) is 1.98. The Balaban J connectivity index is 2.12. The molecule has 86 valence electrons. The molecule has 4 atom stereocenters. The molecule has 2 rings (SSSR count). The first kappa shape index (κ1) is 11.2. The maximum atomic E-state index is 12.4. The van der Waals surface area contributed by atoms with Crippen LogP contribution in [0.25, 0.3) is 0 Å². The first-order valence-corrected chi connectivity index (χ1v) is 6.81. The molecule has 0 aromatic heterocycles. The first-order chi connectivity index (χ1) is 7.27. The summed E-state index contributed by atoms with van der Waals surface area (Å²) in [7, 11) is 0. The van der Waals surface area contributed by atoms with E-state index in [2.05, 4.69) is 13.8 Å². The van der Waals surface area contributed by atoms with Crippen LogP contribution in [0.2, 0.25) is 0 Å². The maximum absolute atomic E-state index is 12.4. The average molecular weight is 208 g/mol. The summed E-state index contributed by atoms with van der Waals surface area (Å²) in [5.74, 6) is 2.92. The van der Waals surface area contributed by atoms with Crippen molar-refractivity contribution in [3.63, 3.8) is 0 Å². The predicted molar refractivity (Wildman–Crippen MR) is 62.6 cm³/mol. The molecule has 2 aliphatic rings. The Morgan fingerprint density at radius 3 is 2.53 bits per heavy atom. The van der Waals surface area contributed by atoms with Gasteiger partial charge < -0.3 is 0 Å². The van der Waals surface area contributed by atoms with E-state index in [9.17, 15) is 4.79 Å². The number of ketones is 1. The van der Waals surface area contributed by atoms with Crippen molar-refractivity contribution in [1.82, 2.24) is 0 Å². The molecule has 4 unspecified atom stereocenters. The van der Waals surface area contributed by atoms with Gasteiger partial charge in [-0.2, -0.15) is 0 Å². The zero-order valence-corrected chi connectivity index (χ0v) is 10.2. The van der Waals surface area contributed by atoms with Gasteiger partial charge in [-0.15, -0.1) is 0 Å². The lowest BCUT2D eigenvalue weighted by Gasteiger charge is -2.42. The van der Waals surface area contributed by atoms with Gasteiger partial charge in [-0.1, -0.05) is 33.1 Å². The van der Waals surface area contributed by atoms with Crippen LogP contribution in [0.3, 0.4) is 0 Å². The zero-order chi connectivity index (χ0) is 10.8. The van der Waals surface area contributed by atoms with E-state index in [0.717, 1.165) is 12.3 Å². The molecule has 0 saturated heterocycles. The Morgan fingerprint density at radius 1 is 1.13 bits per heavy atom. The van der Waals surface area contributed by atoms with Gasteiger partial charge in [0.2, 0.25) is 0 Å². The van der Waals surface area contributed by atoms with Crippen LogP contribution in [0.1, 0.15) is 58.8 Å². The molecule has 0 aromatic carbocycles. The minimum Gasteiger partial charge on any atom is -0.299 e. The normalized spacial score (nSPS) is 41.3. The Bertz CT molecular complexity index is 225. The summed E-state index contributed by atoms with van der Waals surface area (Å²) in [4.78, 5) is 12.4. The van der Waals surface area contributed by atoms with Crippen molar-refractivity contribution in [3.05, 3.63) is 0 Å². The van der Waals surface area contributed by atoms with Crippen molar-refractivity contribution in [2.75, 3.05) is 0 Å². The van der Waals surface area contributed by atoms with Crippen LogP contribution >= 0.6 is 0 Å². The van der Waals surface area contributed by atoms with Gasteiger partial charge in [-0.3, -0.25) is 4.79 Å². The lowest BCUT2D eigenvalue weighted by Crippen LogP contribution is -2.41. The molecule has 0 radical (unpaired) electrons. The maximum Gasteiger partial charge on any atom is 0.139 e. The molecule has 0 bridgehead atoms. The van der Waals surface area contributed by atoms with Gasteiger partial charge in [-0.05, 0) is 37.5 Å². The summed E-state index contributed by atoms with van der Waals surface area (Å²) in [6.45, 7) is 4.44.